The minimum absolute atomic E-state index is 0.214. The smallest absolute Gasteiger partial charge is 0.338 e. The molecule has 7 nitrogen and oxygen atoms in total. The van der Waals surface area contributed by atoms with E-state index in [1.807, 2.05) is 42.5 Å². The summed E-state index contributed by atoms with van der Waals surface area (Å²) in [6.07, 6.45) is 5.17. The molecule has 4 rings (SSSR count). The lowest BCUT2D eigenvalue weighted by atomic mass is 9.96. The molecule has 1 atom stereocenters. The van der Waals surface area contributed by atoms with Crippen LogP contribution >= 0.6 is 11.3 Å². The van der Waals surface area contributed by atoms with Gasteiger partial charge >= 0.3 is 5.97 Å². The van der Waals surface area contributed by atoms with Crippen molar-refractivity contribution in [3.63, 3.8) is 0 Å². The Morgan fingerprint density at radius 3 is 2.39 bits per heavy atom. The van der Waals surface area contributed by atoms with Gasteiger partial charge in [-0.1, -0.05) is 55.4 Å². The molecule has 188 valence electrons. The number of hydrogen-bond acceptors (Lipinski definition) is 7. The summed E-state index contributed by atoms with van der Waals surface area (Å²) >= 11 is 1.30. The van der Waals surface area contributed by atoms with Crippen molar-refractivity contribution in [3.05, 3.63) is 90.6 Å². The summed E-state index contributed by atoms with van der Waals surface area (Å²) in [6, 6.07) is 14.3. The maximum atomic E-state index is 13.6. The number of nitrogens with zero attached hydrogens (tertiary/aromatic N) is 2. The molecule has 1 aliphatic rings. The first kappa shape index (κ1) is 25.4. The highest BCUT2D eigenvalue weighted by Crippen LogP contribution is 2.31. The molecule has 2 heterocycles. The fourth-order valence-corrected chi connectivity index (χ4v) is 5.19. The molecule has 1 aliphatic heterocycles. The minimum Gasteiger partial charge on any atom is -0.497 e. The van der Waals surface area contributed by atoms with Crippen molar-refractivity contribution in [3.8, 4) is 11.5 Å². The molecule has 0 saturated heterocycles. The highest BCUT2D eigenvalue weighted by molar-refractivity contribution is 7.07. The summed E-state index contributed by atoms with van der Waals surface area (Å²) in [5.74, 6) is 0.979. The third-order valence-corrected chi connectivity index (χ3v) is 7.04. The van der Waals surface area contributed by atoms with Crippen molar-refractivity contribution in [2.24, 2.45) is 4.99 Å². The van der Waals surface area contributed by atoms with Crippen molar-refractivity contribution < 1.29 is 19.0 Å². The van der Waals surface area contributed by atoms with E-state index in [1.165, 1.54) is 18.4 Å². The third-order valence-electron chi connectivity index (χ3n) is 6.05. The number of unbranched alkanes of at least 4 members (excludes halogenated alkanes) is 2. The fourth-order valence-electron chi connectivity index (χ4n) is 4.15. The molecule has 0 aliphatic carbocycles. The normalized spacial score (nSPS) is 15.3. The largest absolute Gasteiger partial charge is 0.497 e. The van der Waals surface area contributed by atoms with Crippen molar-refractivity contribution in [2.45, 2.75) is 39.2 Å². The molecule has 2 aromatic carbocycles. The molecule has 0 amide bonds. The van der Waals surface area contributed by atoms with Gasteiger partial charge < -0.3 is 14.2 Å². The summed E-state index contributed by atoms with van der Waals surface area (Å²) < 4.78 is 18.2. The number of fused-ring (bicyclic) bond motifs is 1. The van der Waals surface area contributed by atoms with Gasteiger partial charge in [0.25, 0.3) is 5.56 Å². The highest BCUT2D eigenvalue weighted by atomic mass is 32.1. The second-order valence-corrected chi connectivity index (χ2v) is 9.48. The second-order valence-electron chi connectivity index (χ2n) is 8.47. The average Bonchev–Trinajstić information content (AvgIpc) is 3.20. The molecule has 0 fully saturated rings. The van der Waals surface area contributed by atoms with Gasteiger partial charge in [0.2, 0.25) is 0 Å². The van der Waals surface area contributed by atoms with Gasteiger partial charge in [0.1, 0.15) is 11.5 Å². The Labute approximate surface area is 214 Å². The standard InChI is InChI=1S/C28H30N2O5S/c1-5-6-7-16-35-22-12-8-19(9-13-22)17-23-26(31)30-25(20-10-14-21(33-3)15-11-20)24(27(32)34-4)18(2)29-28(30)36-23/h8-15,17,25H,5-7,16H2,1-4H3. The number of ether oxygens (including phenoxy) is 3. The quantitative estimate of drug-likeness (QED) is 0.324. The van der Waals surface area contributed by atoms with Crippen molar-refractivity contribution in [1.82, 2.24) is 4.57 Å². The Morgan fingerprint density at radius 2 is 1.75 bits per heavy atom. The molecular weight excluding hydrogens is 476 g/mol. The summed E-state index contributed by atoms with van der Waals surface area (Å²) in [5.41, 5.74) is 2.30. The zero-order chi connectivity index (χ0) is 25.7. The molecule has 0 N–H and O–H groups in total. The molecule has 0 radical (unpaired) electrons. The summed E-state index contributed by atoms with van der Waals surface area (Å²) in [5, 5.41) is 0. The fraction of sp³-hybridized carbons (Fsp3) is 0.321. The van der Waals surface area contributed by atoms with Gasteiger partial charge in [-0.2, -0.15) is 0 Å². The zero-order valence-corrected chi connectivity index (χ0v) is 21.8. The van der Waals surface area contributed by atoms with E-state index in [4.69, 9.17) is 14.2 Å². The van der Waals surface area contributed by atoms with Crippen molar-refractivity contribution >= 4 is 23.4 Å². The Balaban J connectivity index is 1.74. The maximum absolute atomic E-state index is 13.6. The van der Waals surface area contributed by atoms with E-state index >= 15 is 0 Å². The number of methoxy groups -OCH3 is 2. The van der Waals surface area contributed by atoms with Crippen LogP contribution in [0.4, 0.5) is 0 Å². The molecule has 1 unspecified atom stereocenters. The van der Waals surface area contributed by atoms with Crippen LogP contribution in [0, 0.1) is 0 Å². The van der Waals surface area contributed by atoms with E-state index in [0.717, 1.165) is 36.1 Å². The van der Waals surface area contributed by atoms with Gasteiger partial charge in [-0.15, -0.1) is 0 Å². The number of hydrogen-bond donors (Lipinski definition) is 0. The number of thiazole rings is 1. The van der Waals surface area contributed by atoms with Crippen LogP contribution in [0.15, 0.2) is 69.6 Å². The monoisotopic (exact) mass is 506 g/mol. The van der Waals surface area contributed by atoms with Crippen LogP contribution in [0.2, 0.25) is 0 Å². The first-order valence-electron chi connectivity index (χ1n) is 11.9. The highest BCUT2D eigenvalue weighted by Gasteiger charge is 2.33. The molecule has 0 saturated carbocycles. The molecule has 0 bridgehead atoms. The first-order chi connectivity index (χ1) is 17.5. The van der Waals surface area contributed by atoms with E-state index in [9.17, 15) is 9.59 Å². The van der Waals surface area contributed by atoms with Gasteiger partial charge in [-0.05, 0) is 54.8 Å². The molecular formula is C28H30N2O5S. The average molecular weight is 507 g/mol. The van der Waals surface area contributed by atoms with Crippen LogP contribution in [0.5, 0.6) is 11.5 Å². The summed E-state index contributed by atoms with van der Waals surface area (Å²) in [6.45, 7) is 4.62. The predicted octanol–water partition coefficient (Wildman–Crippen LogP) is 3.99. The lowest BCUT2D eigenvalue weighted by Crippen LogP contribution is -2.39. The van der Waals surface area contributed by atoms with Crippen LogP contribution < -0.4 is 24.4 Å². The van der Waals surface area contributed by atoms with Crippen LogP contribution in [0.1, 0.15) is 50.3 Å². The predicted molar refractivity (Wildman–Crippen MR) is 140 cm³/mol. The first-order valence-corrected chi connectivity index (χ1v) is 12.8. The molecule has 3 aromatic rings. The van der Waals surface area contributed by atoms with Crippen LogP contribution in [0.3, 0.4) is 0 Å². The summed E-state index contributed by atoms with van der Waals surface area (Å²) in [4.78, 5) is 31.5. The Bertz CT molecular complexity index is 1430. The van der Waals surface area contributed by atoms with E-state index in [-0.39, 0.29) is 5.56 Å². The molecule has 0 spiro atoms. The van der Waals surface area contributed by atoms with Gasteiger partial charge in [0, 0.05) is 0 Å². The molecule has 8 heteroatoms. The van der Waals surface area contributed by atoms with E-state index in [2.05, 4.69) is 11.9 Å². The number of carbonyl (C=O) groups excluding carboxylic acids is 1. The third kappa shape index (κ3) is 5.28. The maximum Gasteiger partial charge on any atom is 0.338 e. The zero-order valence-electron chi connectivity index (χ0n) is 20.9. The number of allylic oxidation sites excluding steroid dienone is 1. The number of aromatic nitrogens is 1. The SMILES string of the molecule is CCCCCOc1ccc(C=c2sc3n(c2=O)C(c2ccc(OC)cc2)C(C(=O)OC)=C(C)N=3)cc1. The molecule has 1 aromatic heterocycles. The number of benzene rings is 2. The number of esters is 1. The van der Waals surface area contributed by atoms with Crippen molar-refractivity contribution in [1.29, 1.82) is 0 Å². The Kier molecular flexibility index (Phi) is 8.05. The minimum atomic E-state index is -0.652. The molecule has 36 heavy (non-hydrogen) atoms. The van der Waals surface area contributed by atoms with Crippen LogP contribution in [-0.4, -0.2) is 31.4 Å². The lowest BCUT2D eigenvalue weighted by molar-refractivity contribution is -0.136. The van der Waals surface area contributed by atoms with Gasteiger partial charge in [-0.25, -0.2) is 9.79 Å². The van der Waals surface area contributed by atoms with E-state index < -0.39 is 12.0 Å². The number of carbonyl (C=O) groups is 1. The topological polar surface area (TPSA) is 79.1 Å². The summed E-state index contributed by atoms with van der Waals surface area (Å²) in [7, 11) is 2.92. The van der Waals surface area contributed by atoms with E-state index in [0.29, 0.717) is 33.0 Å². The second kappa shape index (κ2) is 11.4. The lowest BCUT2D eigenvalue weighted by Gasteiger charge is -2.24. The Hall–Kier alpha value is -3.65. The Morgan fingerprint density at radius 1 is 1.06 bits per heavy atom. The van der Waals surface area contributed by atoms with Crippen LogP contribution in [-0.2, 0) is 9.53 Å². The van der Waals surface area contributed by atoms with Gasteiger partial charge in [0.15, 0.2) is 4.80 Å². The van der Waals surface area contributed by atoms with Crippen LogP contribution in [0.25, 0.3) is 6.08 Å². The van der Waals surface area contributed by atoms with Gasteiger partial charge in [0.05, 0.1) is 42.7 Å². The number of rotatable bonds is 9. The van der Waals surface area contributed by atoms with Crippen molar-refractivity contribution in [2.75, 3.05) is 20.8 Å². The van der Waals surface area contributed by atoms with Gasteiger partial charge in [-0.3, -0.25) is 9.36 Å². The van der Waals surface area contributed by atoms with E-state index in [1.54, 1.807) is 30.7 Å².